The predicted octanol–water partition coefficient (Wildman–Crippen LogP) is 7.83. The van der Waals surface area contributed by atoms with E-state index >= 15 is 0 Å². The van der Waals surface area contributed by atoms with Crippen molar-refractivity contribution >= 4 is 9.05 Å². The van der Waals surface area contributed by atoms with Crippen molar-refractivity contribution in [3.8, 4) is 0 Å². The van der Waals surface area contributed by atoms with Crippen molar-refractivity contribution in [3.63, 3.8) is 0 Å². The van der Waals surface area contributed by atoms with Gasteiger partial charge in [-0.15, -0.1) is 0 Å². The van der Waals surface area contributed by atoms with Gasteiger partial charge in [0.05, 0.1) is 13.2 Å². The fourth-order valence-electron chi connectivity index (χ4n) is 3.39. The highest BCUT2D eigenvalue weighted by molar-refractivity contribution is 6.53. The molecule has 0 atom stereocenters. The van der Waals surface area contributed by atoms with E-state index in [4.69, 9.17) is 22.4 Å². The molecule has 0 aromatic carbocycles. The van der Waals surface area contributed by atoms with Crippen LogP contribution in [-0.2, 0) is 22.4 Å². The zero-order chi connectivity index (χ0) is 23.6. The first-order chi connectivity index (χ1) is 15.7. The van der Waals surface area contributed by atoms with E-state index in [0.717, 1.165) is 32.3 Å². The normalized spacial score (nSPS) is 12.0. The summed E-state index contributed by atoms with van der Waals surface area (Å²) < 4.78 is 30.8. The van der Waals surface area contributed by atoms with Crippen LogP contribution in [0.2, 0.25) is 0 Å². The molecule has 0 bridgehead atoms. The van der Waals surface area contributed by atoms with Gasteiger partial charge in [-0.25, -0.2) is 0 Å². The van der Waals surface area contributed by atoms with E-state index in [1.54, 1.807) is 0 Å². The van der Waals surface area contributed by atoms with Crippen LogP contribution >= 0.6 is 0 Å². The minimum Gasteiger partial charge on any atom is -0.379 e. The number of unbranched alkanes of at least 4 members (excludes halogenated alkanes) is 12. The maximum absolute atomic E-state index is 6.27. The number of ether oxygens (including phenoxy) is 1. The second-order valence-corrected chi connectivity index (χ2v) is 10.9. The Hall–Kier alpha value is 0.0169. The molecule has 5 nitrogen and oxygen atoms in total. The molecule has 0 rings (SSSR count). The largest absolute Gasteiger partial charge is 0.679 e. The molecule has 0 heterocycles. The standard InChI is InChI=1S/C26H56O5Si/c1-5-9-13-17-21-27-25-26-31-32(28-22-18-14-10-6-2,29-23-19-15-11-7-3)30-24-20-16-12-8-4/h5-26H2,1-4H3. The Kier molecular flexibility index (Phi) is 25.6. The third-order valence-corrected chi connectivity index (χ3v) is 7.71. The molecule has 0 radical (unpaired) electrons. The third-order valence-electron chi connectivity index (χ3n) is 5.48. The first-order valence-corrected chi connectivity index (χ1v) is 15.5. The molecule has 0 aliphatic rings. The van der Waals surface area contributed by atoms with Gasteiger partial charge in [0.1, 0.15) is 0 Å². The topological polar surface area (TPSA) is 46.2 Å². The maximum atomic E-state index is 6.27. The van der Waals surface area contributed by atoms with E-state index < -0.39 is 9.05 Å². The maximum Gasteiger partial charge on any atom is 0.679 e. The van der Waals surface area contributed by atoms with E-state index in [0.29, 0.717) is 33.0 Å². The van der Waals surface area contributed by atoms with Gasteiger partial charge < -0.3 is 22.4 Å². The highest BCUT2D eigenvalue weighted by Crippen LogP contribution is 2.16. The SMILES string of the molecule is CCCCCCOCCO[Si](OCCCCCC)(OCCCCCC)OCCCCCC. The van der Waals surface area contributed by atoms with Crippen LogP contribution in [-0.4, -0.2) is 48.7 Å². The van der Waals surface area contributed by atoms with Gasteiger partial charge in [0.15, 0.2) is 0 Å². The Morgan fingerprint density at radius 3 is 1.06 bits per heavy atom. The Morgan fingerprint density at radius 1 is 0.344 bits per heavy atom. The van der Waals surface area contributed by atoms with Crippen molar-refractivity contribution in [1.29, 1.82) is 0 Å². The molecule has 0 aliphatic carbocycles. The molecule has 0 aliphatic heterocycles. The lowest BCUT2D eigenvalue weighted by Gasteiger charge is -2.28. The van der Waals surface area contributed by atoms with Gasteiger partial charge in [-0.3, -0.25) is 0 Å². The van der Waals surface area contributed by atoms with Crippen LogP contribution in [0.5, 0.6) is 0 Å². The summed E-state index contributed by atoms with van der Waals surface area (Å²) in [6, 6.07) is 0. The minimum absolute atomic E-state index is 0.471. The summed E-state index contributed by atoms with van der Waals surface area (Å²) in [5, 5.41) is 0. The van der Waals surface area contributed by atoms with Crippen molar-refractivity contribution in [2.24, 2.45) is 0 Å². The lowest BCUT2D eigenvalue weighted by molar-refractivity contribution is -0.0474. The molecular weight excluding hydrogens is 420 g/mol. The van der Waals surface area contributed by atoms with E-state index in [1.807, 2.05) is 0 Å². The smallest absolute Gasteiger partial charge is 0.379 e. The van der Waals surface area contributed by atoms with Crippen LogP contribution in [0.3, 0.4) is 0 Å². The van der Waals surface area contributed by atoms with Gasteiger partial charge in [0, 0.05) is 26.4 Å². The molecule has 0 amide bonds. The number of hydrogen-bond acceptors (Lipinski definition) is 5. The molecule has 194 valence electrons. The molecule has 0 unspecified atom stereocenters. The van der Waals surface area contributed by atoms with Gasteiger partial charge >= 0.3 is 9.05 Å². The first kappa shape index (κ1) is 32.0. The molecule has 32 heavy (non-hydrogen) atoms. The van der Waals surface area contributed by atoms with Crippen LogP contribution in [0, 0.1) is 0 Å². The van der Waals surface area contributed by atoms with Crippen LogP contribution in [0.4, 0.5) is 0 Å². The average molecular weight is 477 g/mol. The number of hydrogen-bond donors (Lipinski definition) is 0. The fourth-order valence-corrected chi connectivity index (χ4v) is 5.40. The van der Waals surface area contributed by atoms with Crippen LogP contribution < -0.4 is 0 Å². The lowest BCUT2D eigenvalue weighted by atomic mass is 10.2. The van der Waals surface area contributed by atoms with E-state index in [1.165, 1.54) is 77.0 Å². The van der Waals surface area contributed by atoms with Gasteiger partial charge in [0.2, 0.25) is 0 Å². The van der Waals surface area contributed by atoms with Crippen molar-refractivity contribution in [3.05, 3.63) is 0 Å². The summed E-state index contributed by atoms with van der Waals surface area (Å²) in [5.41, 5.74) is 0. The second-order valence-electron chi connectivity index (χ2n) is 8.75. The van der Waals surface area contributed by atoms with Crippen molar-refractivity contribution in [2.45, 2.75) is 130 Å². The van der Waals surface area contributed by atoms with E-state index in [-0.39, 0.29) is 0 Å². The average Bonchev–Trinajstić information content (AvgIpc) is 2.80. The number of rotatable bonds is 27. The Labute approximate surface area is 201 Å². The second kappa shape index (κ2) is 25.6. The Morgan fingerprint density at radius 2 is 0.688 bits per heavy atom. The minimum atomic E-state index is -3.14. The molecule has 0 aromatic heterocycles. The summed E-state index contributed by atoms with van der Waals surface area (Å²) in [7, 11) is -3.14. The summed E-state index contributed by atoms with van der Waals surface area (Å²) in [6.45, 7) is 12.7. The van der Waals surface area contributed by atoms with Crippen molar-refractivity contribution in [1.82, 2.24) is 0 Å². The first-order valence-electron chi connectivity index (χ1n) is 13.9. The highest BCUT2D eigenvalue weighted by Gasteiger charge is 2.45. The summed E-state index contributed by atoms with van der Waals surface area (Å²) in [6.07, 6.45) is 18.8. The van der Waals surface area contributed by atoms with Gasteiger partial charge in [-0.05, 0) is 25.7 Å². The highest BCUT2D eigenvalue weighted by atomic mass is 28.4. The monoisotopic (exact) mass is 476 g/mol. The Bertz CT molecular complexity index is 321. The molecule has 0 spiro atoms. The fraction of sp³-hybridized carbons (Fsp3) is 1.00. The van der Waals surface area contributed by atoms with Gasteiger partial charge in [-0.1, -0.05) is 105 Å². The summed E-state index contributed by atoms with van der Waals surface area (Å²) >= 11 is 0. The summed E-state index contributed by atoms with van der Waals surface area (Å²) in [5.74, 6) is 0. The molecule has 0 saturated heterocycles. The van der Waals surface area contributed by atoms with Crippen molar-refractivity contribution in [2.75, 3.05) is 39.6 Å². The van der Waals surface area contributed by atoms with Crippen molar-refractivity contribution < 1.29 is 22.4 Å². The molecule has 0 N–H and O–H groups in total. The summed E-state index contributed by atoms with van der Waals surface area (Å²) in [4.78, 5) is 0. The molecule has 0 saturated carbocycles. The van der Waals surface area contributed by atoms with Crippen LogP contribution in [0.25, 0.3) is 0 Å². The third kappa shape index (κ3) is 20.6. The Balaban J connectivity index is 4.66. The predicted molar refractivity (Wildman–Crippen MR) is 137 cm³/mol. The quantitative estimate of drug-likeness (QED) is 0.0893. The molecule has 6 heteroatoms. The molecular formula is C26H56O5Si. The van der Waals surface area contributed by atoms with E-state index in [9.17, 15) is 0 Å². The van der Waals surface area contributed by atoms with Crippen LogP contribution in [0.1, 0.15) is 130 Å². The molecule has 0 aromatic rings. The zero-order valence-electron chi connectivity index (χ0n) is 22.1. The van der Waals surface area contributed by atoms with E-state index in [2.05, 4.69) is 27.7 Å². The van der Waals surface area contributed by atoms with Gasteiger partial charge in [-0.2, -0.15) is 0 Å². The zero-order valence-corrected chi connectivity index (χ0v) is 23.1. The molecule has 0 fully saturated rings. The van der Waals surface area contributed by atoms with Crippen LogP contribution in [0.15, 0.2) is 0 Å². The van der Waals surface area contributed by atoms with Gasteiger partial charge in [0.25, 0.3) is 0 Å². The lowest BCUT2D eigenvalue weighted by Crippen LogP contribution is -2.50.